The molecule has 3 heteroatoms. The number of rotatable bonds is 4. The average molecular weight is 234 g/mol. The van der Waals surface area contributed by atoms with Gasteiger partial charge in [0.25, 0.3) is 0 Å². The smallest absolute Gasteiger partial charge is 0.228 e. The summed E-state index contributed by atoms with van der Waals surface area (Å²) >= 11 is 0. The van der Waals surface area contributed by atoms with E-state index >= 15 is 0 Å². The largest absolute Gasteiger partial charge is 0.362 e. The molecular weight excluding hydrogens is 212 g/mol. The lowest BCUT2D eigenvalue weighted by molar-refractivity contribution is -0.130. The fourth-order valence-corrected chi connectivity index (χ4v) is 2.62. The van der Waals surface area contributed by atoms with E-state index in [1.165, 1.54) is 30.5 Å². The molecular formula is C14H22N2O. The van der Waals surface area contributed by atoms with Gasteiger partial charge in [-0.25, -0.2) is 0 Å². The van der Waals surface area contributed by atoms with Crippen LogP contribution in [0.25, 0.3) is 0 Å². The molecule has 1 aromatic heterocycles. The van der Waals surface area contributed by atoms with Crippen molar-refractivity contribution in [2.24, 2.45) is 0 Å². The number of hydrogen-bond acceptors (Lipinski definition) is 1. The number of aromatic nitrogens is 1. The SMILES string of the molecule is CCN(CC)C(=O)Cc1cc2c([nH]1)CCCC2. The number of amides is 1. The maximum Gasteiger partial charge on any atom is 0.228 e. The zero-order chi connectivity index (χ0) is 12.3. The molecule has 3 nitrogen and oxygen atoms in total. The summed E-state index contributed by atoms with van der Waals surface area (Å²) < 4.78 is 0. The summed E-state index contributed by atoms with van der Waals surface area (Å²) in [5.74, 6) is 0.230. The zero-order valence-electron chi connectivity index (χ0n) is 10.9. The molecule has 0 aromatic carbocycles. The van der Waals surface area contributed by atoms with Crippen molar-refractivity contribution in [2.75, 3.05) is 13.1 Å². The van der Waals surface area contributed by atoms with Crippen LogP contribution in [0.15, 0.2) is 6.07 Å². The monoisotopic (exact) mass is 234 g/mol. The molecule has 0 saturated carbocycles. The predicted octanol–water partition coefficient (Wildman–Crippen LogP) is 2.30. The van der Waals surface area contributed by atoms with Crippen LogP contribution in [0.4, 0.5) is 0 Å². The first kappa shape index (κ1) is 12.2. The predicted molar refractivity (Wildman–Crippen MR) is 69.1 cm³/mol. The molecule has 1 heterocycles. The highest BCUT2D eigenvalue weighted by Gasteiger charge is 2.16. The number of carbonyl (C=O) groups excluding carboxylic acids is 1. The molecule has 0 atom stereocenters. The van der Waals surface area contributed by atoms with Gasteiger partial charge in [-0.2, -0.15) is 0 Å². The van der Waals surface area contributed by atoms with Crippen LogP contribution in [0, 0.1) is 0 Å². The minimum Gasteiger partial charge on any atom is -0.362 e. The number of H-pyrrole nitrogens is 1. The summed E-state index contributed by atoms with van der Waals surface area (Å²) in [6.45, 7) is 5.66. The van der Waals surface area contributed by atoms with Crippen molar-refractivity contribution in [1.29, 1.82) is 0 Å². The topological polar surface area (TPSA) is 36.1 Å². The minimum absolute atomic E-state index is 0.230. The Balaban J connectivity index is 2.03. The van der Waals surface area contributed by atoms with Crippen molar-refractivity contribution in [1.82, 2.24) is 9.88 Å². The van der Waals surface area contributed by atoms with Crippen LogP contribution in [0.5, 0.6) is 0 Å². The van der Waals surface area contributed by atoms with E-state index in [4.69, 9.17) is 0 Å². The van der Waals surface area contributed by atoms with Gasteiger partial charge >= 0.3 is 0 Å². The Morgan fingerprint density at radius 3 is 2.65 bits per heavy atom. The van der Waals surface area contributed by atoms with E-state index in [-0.39, 0.29) is 5.91 Å². The number of nitrogens with zero attached hydrogens (tertiary/aromatic N) is 1. The first-order chi connectivity index (χ1) is 8.24. The van der Waals surface area contributed by atoms with E-state index in [1.807, 2.05) is 18.7 Å². The molecule has 94 valence electrons. The molecule has 0 fully saturated rings. The van der Waals surface area contributed by atoms with E-state index in [1.54, 1.807) is 0 Å². The van der Waals surface area contributed by atoms with Crippen LogP contribution < -0.4 is 0 Å². The molecule has 0 radical (unpaired) electrons. The molecule has 1 amide bonds. The normalized spacial score (nSPS) is 14.5. The van der Waals surface area contributed by atoms with Gasteiger partial charge in [-0.3, -0.25) is 4.79 Å². The molecule has 1 aliphatic rings. The van der Waals surface area contributed by atoms with Gasteiger partial charge in [0, 0.05) is 24.5 Å². The van der Waals surface area contributed by atoms with Gasteiger partial charge in [0.05, 0.1) is 6.42 Å². The van der Waals surface area contributed by atoms with Gasteiger partial charge in [-0.15, -0.1) is 0 Å². The van der Waals surface area contributed by atoms with Crippen molar-refractivity contribution in [3.63, 3.8) is 0 Å². The van der Waals surface area contributed by atoms with Gasteiger partial charge in [-0.05, 0) is 51.2 Å². The summed E-state index contributed by atoms with van der Waals surface area (Å²) in [5.41, 5.74) is 3.88. The number of aryl methyl sites for hydroxylation is 2. The first-order valence-corrected chi connectivity index (χ1v) is 6.72. The lowest BCUT2D eigenvalue weighted by Crippen LogP contribution is -2.31. The van der Waals surface area contributed by atoms with Crippen molar-refractivity contribution < 1.29 is 4.79 Å². The maximum atomic E-state index is 12.0. The van der Waals surface area contributed by atoms with E-state index in [9.17, 15) is 4.79 Å². The van der Waals surface area contributed by atoms with Gasteiger partial charge < -0.3 is 9.88 Å². The van der Waals surface area contributed by atoms with Gasteiger partial charge in [0.2, 0.25) is 5.91 Å². The molecule has 1 N–H and O–H groups in total. The lowest BCUT2D eigenvalue weighted by Gasteiger charge is -2.17. The number of hydrogen-bond donors (Lipinski definition) is 1. The average Bonchev–Trinajstić information content (AvgIpc) is 2.72. The van der Waals surface area contributed by atoms with Crippen LogP contribution >= 0.6 is 0 Å². The number of nitrogens with one attached hydrogen (secondary N) is 1. The standard InChI is InChI=1S/C14H22N2O/c1-3-16(4-2)14(17)10-12-9-11-7-5-6-8-13(11)15-12/h9,15H,3-8,10H2,1-2H3. The Labute approximate surface area is 103 Å². The summed E-state index contributed by atoms with van der Waals surface area (Å²) in [4.78, 5) is 17.3. The molecule has 17 heavy (non-hydrogen) atoms. The third kappa shape index (κ3) is 2.71. The van der Waals surface area contributed by atoms with Crippen molar-refractivity contribution in [2.45, 2.75) is 46.0 Å². The number of aromatic amines is 1. The number of fused-ring (bicyclic) bond motifs is 1. The lowest BCUT2D eigenvalue weighted by atomic mass is 9.98. The Hall–Kier alpha value is -1.25. The van der Waals surface area contributed by atoms with E-state index in [0.717, 1.165) is 25.2 Å². The maximum absolute atomic E-state index is 12.0. The second-order valence-corrected chi connectivity index (χ2v) is 4.75. The fraction of sp³-hybridized carbons (Fsp3) is 0.643. The van der Waals surface area contributed by atoms with E-state index in [2.05, 4.69) is 11.1 Å². The Bertz CT molecular complexity index is 367. The van der Waals surface area contributed by atoms with Gasteiger partial charge in [0.1, 0.15) is 0 Å². The number of carbonyl (C=O) groups is 1. The zero-order valence-corrected chi connectivity index (χ0v) is 10.9. The molecule has 0 bridgehead atoms. The first-order valence-electron chi connectivity index (χ1n) is 6.72. The van der Waals surface area contributed by atoms with Crippen molar-refractivity contribution in [3.05, 3.63) is 23.0 Å². The minimum atomic E-state index is 0.230. The Morgan fingerprint density at radius 1 is 1.29 bits per heavy atom. The Kier molecular flexibility index (Phi) is 3.87. The third-order valence-electron chi connectivity index (χ3n) is 3.63. The molecule has 0 saturated heterocycles. The summed E-state index contributed by atoms with van der Waals surface area (Å²) in [5, 5.41) is 0. The summed E-state index contributed by atoms with van der Waals surface area (Å²) in [7, 11) is 0. The molecule has 0 spiro atoms. The van der Waals surface area contributed by atoms with Gasteiger partial charge in [-0.1, -0.05) is 0 Å². The number of likely N-dealkylation sites (N-methyl/N-ethyl adjacent to an activating group) is 1. The third-order valence-corrected chi connectivity index (χ3v) is 3.63. The van der Waals surface area contributed by atoms with E-state index < -0.39 is 0 Å². The molecule has 0 aliphatic heterocycles. The second kappa shape index (κ2) is 5.39. The van der Waals surface area contributed by atoms with Crippen LogP contribution in [-0.4, -0.2) is 28.9 Å². The van der Waals surface area contributed by atoms with Crippen molar-refractivity contribution in [3.8, 4) is 0 Å². The van der Waals surface area contributed by atoms with Crippen LogP contribution in [0.2, 0.25) is 0 Å². The van der Waals surface area contributed by atoms with Crippen LogP contribution in [0.3, 0.4) is 0 Å². The van der Waals surface area contributed by atoms with Crippen LogP contribution in [-0.2, 0) is 24.1 Å². The highest BCUT2D eigenvalue weighted by Crippen LogP contribution is 2.21. The quantitative estimate of drug-likeness (QED) is 0.852. The highest BCUT2D eigenvalue weighted by molar-refractivity contribution is 5.78. The van der Waals surface area contributed by atoms with Crippen LogP contribution in [0.1, 0.15) is 43.6 Å². The highest BCUT2D eigenvalue weighted by atomic mass is 16.2. The Morgan fingerprint density at radius 2 is 2.00 bits per heavy atom. The summed E-state index contributed by atoms with van der Waals surface area (Å²) in [6.07, 6.45) is 5.40. The van der Waals surface area contributed by atoms with E-state index in [0.29, 0.717) is 6.42 Å². The summed E-state index contributed by atoms with van der Waals surface area (Å²) in [6, 6.07) is 2.19. The molecule has 2 rings (SSSR count). The molecule has 1 aromatic rings. The molecule has 0 unspecified atom stereocenters. The van der Waals surface area contributed by atoms with Gasteiger partial charge in [0.15, 0.2) is 0 Å². The van der Waals surface area contributed by atoms with Crippen molar-refractivity contribution >= 4 is 5.91 Å². The fourth-order valence-electron chi connectivity index (χ4n) is 2.62. The second-order valence-electron chi connectivity index (χ2n) is 4.75. The molecule has 1 aliphatic carbocycles.